The van der Waals surface area contributed by atoms with Gasteiger partial charge in [0, 0.05) is 12.4 Å². The van der Waals surface area contributed by atoms with Gasteiger partial charge in [-0.2, -0.15) is 5.26 Å². The number of carbonyl (C=O) groups is 1. The first kappa shape index (κ1) is 22.8. The molecule has 2 aromatic heterocycles. The van der Waals surface area contributed by atoms with E-state index < -0.39 is 15.9 Å². The van der Waals surface area contributed by atoms with Gasteiger partial charge in [0.05, 0.1) is 27.7 Å². The Hall–Kier alpha value is -4.41. The second-order valence-electron chi connectivity index (χ2n) is 6.71. The van der Waals surface area contributed by atoms with E-state index in [4.69, 9.17) is 12.2 Å². The molecule has 0 fully saturated rings. The number of rotatable bonds is 7. The molecule has 4 aromatic rings. The average molecular weight is 491 g/mol. The van der Waals surface area contributed by atoms with Crippen LogP contribution in [0.3, 0.4) is 0 Å². The normalized spacial score (nSPS) is 12.3. The minimum absolute atomic E-state index is 0.0185. The number of anilines is 1. The zero-order valence-electron chi connectivity index (χ0n) is 17.2. The van der Waals surface area contributed by atoms with Crippen molar-refractivity contribution < 1.29 is 13.2 Å². The van der Waals surface area contributed by atoms with E-state index in [1.54, 1.807) is 30.3 Å². The number of para-hydroxylation sites is 2. The maximum absolute atomic E-state index is 12.5. The molecule has 34 heavy (non-hydrogen) atoms. The second-order valence-corrected chi connectivity index (χ2v) is 8.78. The molecule has 0 aliphatic rings. The van der Waals surface area contributed by atoms with Crippen molar-refractivity contribution in [1.29, 1.82) is 5.26 Å². The van der Waals surface area contributed by atoms with Gasteiger partial charge in [-0.15, -0.1) is 5.11 Å². The highest BCUT2D eigenvalue weighted by atomic mass is 32.2. The van der Waals surface area contributed by atoms with Crippen LogP contribution in [-0.4, -0.2) is 34.3 Å². The molecule has 0 aliphatic carbocycles. The lowest BCUT2D eigenvalue weighted by Crippen LogP contribution is -2.14. The van der Waals surface area contributed by atoms with Crippen molar-refractivity contribution in [3.05, 3.63) is 77.3 Å². The third-order valence-electron chi connectivity index (χ3n) is 4.52. The highest BCUT2D eigenvalue weighted by Gasteiger charge is 2.18. The van der Waals surface area contributed by atoms with Crippen LogP contribution in [0.5, 0.6) is 0 Å². The molecule has 0 amide bonds. The van der Waals surface area contributed by atoms with Crippen LogP contribution in [0.2, 0.25) is 0 Å². The molecule has 0 spiro atoms. The first-order valence-electron chi connectivity index (χ1n) is 9.61. The summed E-state index contributed by atoms with van der Waals surface area (Å²) in [7, 11) is -3.89. The lowest BCUT2D eigenvalue weighted by Gasteiger charge is -2.09. The van der Waals surface area contributed by atoms with Gasteiger partial charge < -0.3 is 4.79 Å². The van der Waals surface area contributed by atoms with Crippen molar-refractivity contribution in [3.63, 3.8) is 0 Å². The molecule has 0 bridgehead atoms. The maximum atomic E-state index is 12.5. The lowest BCUT2D eigenvalue weighted by molar-refractivity contribution is -0.108. The summed E-state index contributed by atoms with van der Waals surface area (Å²) in [6, 6.07) is 16.0. The van der Waals surface area contributed by atoms with E-state index in [1.165, 1.54) is 41.3 Å². The minimum atomic E-state index is -3.89. The quantitative estimate of drug-likeness (QED) is 0.233. The number of benzene rings is 2. The highest BCUT2D eigenvalue weighted by Crippen LogP contribution is 2.22. The topological polar surface area (TPSA) is 155 Å². The summed E-state index contributed by atoms with van der Waals surface area (Å²) in [6.45, 7) is 0. The number of nitrogens with one attached hydrogen (secondary N) is 1. The molecule has 0 radical (unpaired) electrons. The van der Waals surface area contributed by atoms with Crippen molar-refractivity contribution in [2.24, 2.45) is 10.3 Å². The molecule has 0 saturated heterocycles. The lowest BCUT2D eigenvalue weighted by atomic mass is 10.1. The van der Waals surface area contributed by atoms with Crippen molar-refractivity contribution in [1.82, 2.24) is 19.6 Å². The van der Waals surface area contributed by atoms with E-state index in [0.29, 0.717) is 23.0 Å². The Morgan fingerprint density at radius 1 is 1.09 bits per heavy atom. The van der Waals surface area contributed by atoms with Gasteiger partial charge in [-0.1, -0.05) is 29.6 Å². The second kappa shape index (κ2) is 9.61. The molecule has 2 heterocycles. The number of aromatic nitrogens is 4. The first-order valence-corrected chi connectivity index (χ1v) is 11.5. The van der Waals surface area contributed by atoms with Gasteiger partial charge in [0.15, 0.2) is 4.64 Å². The van der Waals surface area contributed by atoms with Crippen molar-refractivity contribution >= 4 is 51.2 Å². The van der Waals surface area contributed by atoms with Crippen LogP contribution in [0.15, 0.2) is 82.2 Å². The molecular formula is C21H14N8O3S2. The van der Waals surface area contributed by atoms with Gasteiger partial charge in [0.1, 0.15) is 17.9 Å². The third-order valence-corrected chi connectivity index (χ3v) is 6.25. The molecule has 1 unspecified atom stereocenters. The molecule has 168 valence electrons. The van der Waals surface area contributed by atoms with Crippen molar-refractivity contribution in [2.75, 3.05) is 4.72 Å². The Kier molecular flexibility index (Phi) is 6.44. The zero-order valence-corrected chi connectivity index (χ0v) is 18.8. The number of hydrogen-bond donors (Lipinski definition) is 1. The minimum Gasteiger partial charge on any atom is -0.301 e. The number of hydrogen-bond acceptors (Lipinski definition) is 10. The molecule has 2 aromatic carbocycles. The summed E-state index contributed by atoms with van der Waals surface area (Å²) in [5.41, 5.74) is 1.43. The summed E-state index contributed by atoms with van der Waals surface area (Å²) >= 11 is 5.41. The molecule has 1 atom stereocenters. The summed E-state index contributed by atoms with van der Waals surface area (Å²) < 4.78 is 28.7. The average Bonchev–Trinajstić information content (AvgIpc) is 2.85. The Bertz CT molecular complexity index is 1600. The van der Waals surface area contributed by atoms with Gasteiger partial charge in [-0.05, 0) is 42.5 Å². The largest absolute Gasteiger partial charge is 0.301 e. The van der Waals surface area contributed by atoms with E-state index in [1.807, 2.05) is 6.07 Å². The Morgan fingerprint density at radius 2 is 1.79 bits per heavy atom. The summed E-state index contributed by atoms with van der Waals surface area (Å²) in [5.74, 6) is -1.20. The standard InChI is InChI=1S/C21H14N8O3S2/c22-12-14(13-30)19-20(33)29(18-5-2-1-4-17(18)25-19)28-26-15-6-8-16(9-7-15)34(31,32)27-21-23-10-3-11-24-21/h1-11,13-14H,(H,23,24,27). The highest BCUT2D eigenvalue weighted by molar-refractivity contribution is 7.92. The predicted molar refractivity (Wildman–Crippen MR) is 124 cm³/mol. The van der Waals surface area contributed by atoms with E-state index >= 15 is 0 Å². The first-order chi connectivity index (χ1) is 16.4. The van der Waals surface area contributed by atoms with Gasteiger partial charge >= 0.3 is 0 Å². The monoisotopic (exact) mass is 490 g/mol. The van der Waals surface area contributed by atoms with Crippen LogP contribution in [0.4, 0.5) is 11.6 Å². The van der Waals surface area contributed by atoms with Gasteiger partial charge in [-0.3, -0.25) is 0 Å². The van der Waals surface area contributed by atoms with Crippen LogP contribution in [-0.2, 0) is 14.8 Å². The number of sulfonamides is 1. The number of aldehydes is 1. The van der Waals surface area contributed by atoms with Gasteiger partial charge in [0.25, 0.3) is 10.0 Å². The van der Waals surface area contributed by atoms with Crippen LogP contribution in [0.25, 0.3) is 11.0 Å². The maximum Gasteiger partial charge on any atom is 0.264 e. The number of fused-ring (bicyclic) bond motifs is 1. The number of nitriles is 1. The Morgan fingerprint density at radius 3 is 2.47 bits per heavy atom. The zero-order chi connectivity index (χ0) is 24.1. The van der Waals surface area contributed by atoms with Crippen LogP contribution >= 0.6 is 12.2 Å². The SMILES string of the molecule is N#CC(C=O)c1nc2ccccc2n(N=Nc2ccc(S(=O)(=O)Nc3ncccn3)cc2)c1=S. The number of nitrogens with zero attached hydrogens (tertiary/aromatic N) is 7. The summed E-state index contributed by atoms with van der Waals surface area (Å²) in [5, 5.41) is 17.6. The summed E-state index contributed by atoms with van der Waals surface area (Å²) in [4.78, 5) is 23.3. The molecule has 1 N–H and O–H groups in total. The van der Waals surface area contributed by atoms with E-state index in [2.05, 4.69) is 30.0 Å². The predicted octanol–water partition coefficient (Wildman–Crippen LogP) is 3.71. The number of carbonyl (C=O) groups excluding carboxylic acids is 1. The van der Waals surface area contributed by atoms with Crippen LogP contribution < -0.4 is 4.72 Å². The fourth-order valence-corrected chi connectivity index (χ4v) is 4.17. The fourth-order valence-electron chi connectivity index (χ4n) is 2.90. The van der Waals surface area contributed by atoms with Gasteiger partial charge in [0.2, 0.25) is 5.95 Å². The van der Waals surface area contributed by atoms with E-state index in [-0.39, 0.29) is 21.2 Å². The molecule has 0 aliphatic heterocycles. The Labute approximate surface area is 198 Å². The fraction of sp³-hybridized carbons (Fsp3) is 0.0476. The summed E-state index contributed by atoms with van der Waals surface area (Å²) in [6.07, 6.45) is 3.30. The van der Waals surface area contributed by atoms with Crippen LogP contribution in [0, 0.1) is 16.0 Å². The molecule has 11 nitrogen and oxygen atoms in total. The molecular weight excluding hydrogens is 476 g/mol. The molecule has 4 rings (SSSR count). The van der Waals surface area contributed by atoms with E-state index in [0.717, 1.165) is 0 Å². The molecule has 13 heteroatoms. The third kappa shape index (κ3) is 4.68. The van der Waals surface area contributed by atoms with Crippen molar-refractivity contribution in [3.8, 4) is 6.07 Å². The van der Waals surface area contributed by atoms with Gasteiger partial charge in [-0.25, -0.2) is 32.8 Å². The Balaban J connectivity index is 1.67. The molecule has 0 saturated carbocycles. The smallest absolute Gasteiger partial charge is 0.264 e. The van der Waals surface area contributed by atoms with E-state index in [9.17, 15) is 18.5 Å². The van der Waals surface area contributed by atoms with Crippen LogP contribution in [0.1, 0.15) is 11.6 Å². The van der Waals surface area contributed by atoms with Crippen molar-refractivity contribution in [2.45, 2.75) is 10.8 Å².